The molecule has 3 aromatic rings. The van der Waals surface area contributed by atoms with Crippen molar-refractivity contribution in [1.29, 1.82) is 0 Å². The van der Waals surface area contributed by atoms with E-state index in [1.54, 1.807) is 13.2 Å². The molecule has 2 heterocycles. The fourth-order valence-corrected chi connectivity index (χ4v) is 3.54. The Kier molecular flexibility index (Phi) is 4.86. The molecular formula is C22H23NO5. The van der Waals surface area contributed by atoms with Gasteiger partial charge in [0.25, 0.3) is 0 Å². The van der Waals surface area contributed by atoms with E-state index < -0.39 is 0 Å². The first-order valence-electron chi connectivity index (χ1n) is 9.39. The second-order valence-corrected chi connectivity index (χ2v) is 6.76. The molecule has 0 radical (unpaired) electrons. The van der Waals surface area contributed by atoms with Crippen molar-refractivity contribution in [1.82, 2.24) is 5.16 Å². The molecule has 1 N–H and O–H groups in total. The van der Waals surface area contributed by atoms with Crippen LogP contribution in [0, 0.1) is 6.92 Å². The van der Waals surface area contributed by atoms with Crippen LogP contribution >= 0.6 is 0 Å². The second-order valence-electron chi connectivity index (χ2n) is 6.76. The second kappa shape index (κ2) is 7.46. The zero-order valence-electron chi connectivity index (χ0n) is 16.2. The fourth-order valence-electron chi connectivity index (χ4n) is 3.54. The Morgan fingerprint density at radius 1 is 1.11 bits per heavy atom. The summed E-state index contributed by atoms with van der Waals surface area (Å²) < 4.78 is 22.4. The molecule has 146 valence electrons. The van der Waals surface area contributed by atoms with Crippen molar-refractivity contribution in [2.45, 2.75) is 26.7 Å². The van der Waals surface area contributed by atoms with Gasteiger partial charge in [-0.25, -0.2) is 0 Å². The number of aryl methyl sites for hydroxylation is 2. The molecule has 0 saturated heterocycles. The topological polar surface area (TPSA) is 74.0 Å². The van der Waals surface area contributed by atoms with Crippen LogP contribution in [0.15, 0.2) is 34.9 Å². The van der Waals surface area contributed by atoms with Gasteiger partial charge in [-0.2, -0.15) is 0 Å². The van der Waals surface area contributed by atoms with Crippen molar-refractivity contribution in [3.8, 4) is 45.4 Å². The quantitative estimate of drug-likeness (QED) is 0.687. The van der Waals surface area contributed by atoms with Crippen LogP contribution in [0.4, 0.5) is 0 Å². The Hall–Kier alpha value is -3.15. The van der Waals surface area contributed by atoms with Crippen LogP contribution in [0.25, 0.3) is 22.5 Å². The molecule has 0 fully saturated rings. The first kappa shape index (κ1) is 18.2. The minimum Gasteiger partial charge on any atom is -0.507 e. The summed E-state index contributed by atoms with van der Waals surface area (Å²) in [6.45, 7) is 5.05. The monoisotopic (exact) mass is 381 g/mol. The van der Waals surface area contributed by atoms with E-state index in [2.05, 4.69) is 12.1 Å². The standard InChI is InChI=1S/C22H23NO5/c1-4-5-14-10-16(17(24)12-19(14)25-3)22-21(13(2)23-28-22)15-6-7-18-20(11-15)27-9-8-26-18/h6-7,10-12,24H,4-5,8-9H2,1-3H3. The van der Waals surface area contributed by atoms with Gasteiger partial charge in [-0.05, 0) is 42.7 Å². The zero-order valence-corrected chi connectivity index (χ0v) is 16.2. The Morgan fingerprint density at radius 2 is 1.89 bits per heavy atom. The molecule has 1 aliphatic heterocycles. The number of hydrogen-bond acceptors (Lipinski definition) is 6. The minimum absolute atomic E-state index is 0.0895. The van der Waals surface area contributed by atoms with E-state index in [0.717, 1.165) is 41.0 Å². The number of methoxy groups -OCH3 is 1. The normalized spacial score (nSPS) is 12.8. The molecule has 0 bridgehead atoms. The minimum atomic E-state index is 0.0895. The lowest BCUT2D eigenvalue weighted by Gasteiger charge is -2.19. The highest BCUT2D eigenvalue weighted by atomic mass is 16.6. The summed E-state index contributed by atoms with van der Waals surface area (Å²) in [5.41, 5.74) is 4.05. The highest BCUT2D eigenvalue weighted by molar-refractivity contribution is 5.85. The molecule has 0 amide bonds. The molecule has 0 unspecified atom stereocenters. The van der Waals surface area contributed by atoms with Gasteiger partial charge >= 0.3 is 0 Å². The predicted molar refractivity (Wildman–Crippen MR) is 105 cm³/mol. The first-order valence-corrected chi connectivity index (χ1v) is 9.39. The predicted octanol–water partition coefficient (Wildman–Crippen LogP) is 4.75. The number of nitrogens with zero attached hydrogens (tertiary/aromatic N) is 1. The molecule has 0 spiro atoms. The third-order valence-corrected chi connectivity index (χ3v) is 4.86. The number of phenolic OH excluding ortho intramolecular Hbond substituents is 1. The summed E-state index contributed by atoms with van der Waals surface area (Å²) in [6, 6.07) is 9.30. The van der Waals surface area contributed by atoms with Gasteiger partial charge in [-0.1, -0.05) is 24.6 Å². The molecule has 1 aliphatic rings. The SMILES string of the molecule is CCCc1cc(-c2onc(C)c2-c2ccc3c(c2)OCCO3)c(O)cc1OC. The van der Waals surface area contributed by atoms with Gasteiger partial charge < -0.3 is 23.8 Å². The summed E-state index contributed by atoms with van der Waals surface area (Å²) in [5, 5.41) is 14.8. The maximum Gasteiger partial charge on any atom is 0.178 e. The van der Waals surface area contributed by atoms with Crippen LogP contribution < -0.4 is 14.2 Å². The van der Waals surface area contributed by atoms with E-state index in [4.69, 9.17) is 18.7 Å². The number of rotatable bonds is 5. The Labute approximate surface area is 163 Å². The number of benzene rings is 2. The van der Waals surface area contributed by atoms with Gasteiger partial charge in [0.15, 0.2) is 17.3 Å². The highest BCUT2D eigenvalue weighted by Gasteiger charge is 2.23. The highest BCUT2D eigenvalue weighted by Crippen LogP contribution is 2.43. The summed E-state index contributed by atoms with van der Waals surface area (Å²) in [7, 11) is 1.60. The lowest BCUT2D eigenvalue weighted by molar-refractivity contribution is 0.171. The van der Waals surface area contributed by atoms with Crippen LogP contribution in [0.2, 0.25) is 0 Å². The lowest BCUT2D eigenvalue weighted by atomic mass is 9.96. The zero-order chi connectivity index (χ0) is 19.7. The maximum absolute atomic E-state index is 10.6. The summed E-state index contributed by atoms with van der Waals surface area (Å²) in [5.74, 6) is 2.70. The average Bonchev–Trinajstić information content (AvgIpc) is 3.10. The van der Waals surface area contributed by atoms with Gasteiger partial charge in [-0.15, -0.1) is 0 Å². The maximum atomic E-state index is 10.6. The first-order chi connectivity index (χ1) is 13.6. The van der Waals surface area contributed by atoms with Crippen molar-refractivity contribution in [3.63, 3.8) is 0 Å². The summed E-state index contributed by atoms with van der Waals surface area (Å²) in [4.78, 5) is 0. The van der Waals surface area contributed by atoms with Gasteiger partial charge in [0, 0.05) is 6.07 Å². The van der Waals surface area contributed by atoms with E-state index in [1.165, 1.54) is 0 Å². The number of phenols is 1. The van der Waals surface area contributed by atoms with Crippen LogP contribution in [0.3, 0.4) is 0 Å². The van der Waals surface area contributed by atoms with E-state index in [9.17, 15) is 5.11 Å². The molecular weight excluding hydrogens is 358 g/mol. The van der Waals surface area contributed by atoms with Crippen molar-refractivity contribution in [3.05, 3.63) is 41.6 Å². The number of aromatic nitrogens is 1. The van der Waals surface area contributed by atoms with Crippen LogP contribution in [0.1, 0.15) is 24.6 Å². The van der Waals surface area contributed by atoms with Gasteiger partial charge in [0.1, 0.15) is 24.7 Å². The molecule has 0 saturated carbocycles. The molecule has 0 aliphatic carbocycles. The molecule has 28 heavy (non-hydrogen) atoms. The molecule has 4 rings (SSSR count). The Morgan fingerprint density at radius 3 is 2.64 bits per heavy atom. The third kappa shape index (κ3) is 3.15. The molecule has 1 aromatic heterocycles. The molecule has 6 heteroatoms. The van der Waals surface area contributed by atoms with E-state index >= 15 is 0 Å². The molecule has 0 atom stereocenters. The largest absolute Gasteiger partial charge is 0.507 e. The van der Waals surface area contributed by atoms with Gasteiger partial charge in [0.2, 0.25) is 0 Å². The number of aromatic hydroxyl groups is 1. The van der Waals surface area contributed by atoms with Crippen molar-refractivity contribution < 1.29 is 23.8 Å². The number of hydrogen-bond donors (Lipinski definition) is 1. The summed E-state index contributed by atoms with van der Waals surface area (Å²) in [6.07, 6.45) is 1.80. The average molecular weight is 381 g/mol. The van der Waals surface area contributed by atoms with Gasteiger partial charge in [0.05, 0.1) is 23.9 Å². The smallest absolute Gasteiger partial charge is 0.178 e. The molecule has 6 nitrogen and oxygen atoms in total. The Bertz CT molecular complexity index is 1010. The van der Waals surface area contributed by atoms with Crippen LogP contribution in [-0.2, 0) is 6.42 Å². The molecule has 2 aromatic carbocycles. The fraction of sp³-hybridized carbons (Fsp3) is 0.318. The Balaban J connectivity index is 1.84. The van der Waals surface area contributed by atoms with E-state index in [1.807, 2.05) is 31.2 Å². The summed E-state index contributed by atoms with van der Waals surface area (Å²) >= 11 is 0. The van der Waals surface area contributed by atoms with E-state index in [0.29, 0.717) is 36.0 Å². The lowest BCUT2D eigenvalue weighted by Crippen LogP contribution is -2.15. The van der Waals surface area contributed by atoms with E-state index in [-0.39, 0.29) is 5.75 Å². The van der Waals surface area contributed by atoms with Crippen LogP contribution in [0.5, 0.6) is 23.0 Å². The van der Waals surface area contributed by atoms with Gasteiger partial charge in [-0.3, -0.25) is 0 Å². The third-order valence-electron chi connectivity index (χ3n) is 4.86. The van der Waals surface area contributed by atoms with Crippen LogP contribution in [-0.4, -0.2) is 30.6 Å². The number of ether oxygens (including phenoxy) is 3. The van der Waals surface area contributed by atoms with Crippen molar-refractivity contribution >= 4 is 0 Å². The van der Waals surface area contributed by atoms with Crippen molar-refractivity contribution in [2.24, 2.45) is 0 Å². The number of fused-ring (bicyclic) bond motifs is 1. The van der Waals surface area contributed by atoms with Crippen molar-refractivity contribution in [2.75, 3.05) is 20.3 Å².